The van der Waals surface area contributed by atoms with E-state index in [1.807, 2.05) is 25.1 Å². The van der Waals surface area contributed by atoms with Crippen LogP contribution in [-0.2, 0) is 17.3 Å². The maximum Gasteiger partial charge on any atom is 0.182 e. The fourth-order valence-electron chi connectivity index (χ4n) is 1.58. The summed E-state index contributed by atoms with van der Waals surface area (Å²) in [6, 6.07) is 5.55. The highest BCUT2D eigenvalue weighted by atomic mass is 79.9. The quantitative estimate of drug-likeness (QED) is 0.830. The number of aromatic nitrogens is 4. The second-order valence-corrected chi connectivity index (χ2v) is 6.61. The summed E-state index contributed by atoms with van der Waals surface area (Å²) in [6.07, 6.45) is 0. The molecule has 0 aliphatic rings. The van der Waals surface area contributed by atoms with Gasteiger partial charge in [-0.3, -0.25) is 4.21 Å². The van der Waals surface area contributed by atoms with E-state index in [1.165, 1.54) is 0 Å². The van der Waals surface area contributed by atoms with E-state index in [9.17, 15) is 4.21 Å². The van der Waals surface area contributed by atoms with Crippen molar-refractivity contribution in [3.05, 3.63) is 22.7 Å². The Bertz CT molecular complexity index is 601. The van der Waals surface area contributed by atoms with E-state index in [-0.39, 0.29) is 0 Å². The van der Waals surface area contributed by atoms with E-state index in [0.717, 1.165) is 10.0 Å². The SMILES string of the molecule is CCS(=O)CCn1nnnc1-c1ccc(Br)c(N)c1. The first-order valence-corrected chi connectivity index (χ1v) is 8.06. The number of aryl methyl sites for hydroxylation is 1. The number of halogens is 1. The van der Waals surface area contributed by atoms with Crippen molar-refractivity contribution in [2.45, 2.75) is 13.5 Å². The summed E-state index contributed by atoms with van der Waals surface area (Å²) >= 11 is 3.35. The van der Waals surface area contributed by atoms with Gasteiger partial charge in [0.25, 0.3) is 0 Å². The molecule has 0 aliphatic carbocycles. The van der Waals surface area contributed by atoms with Gasteiger partial charge >= 0.3 is 0 Å². The van der Waals surface area contributed by atoms with Crippen molar-refractivity contribution >= 4 is 32.4 Å². The van der Waals surface area contributed by atoms with Crippen molar-refractivity contribution in [1.29, 1.82) is 0 Å². The van der Waals surface area contributed by atoms with Gasteiger partial charge in [0.05, 0.1) is 6.54 Å². The normalized spacial score (nSPS) is 12.5. The molecular weight excluding hydrogens is 330 g/mol. The predicted octanol–water partition coefficient (Wildman–Crippen LogP) is 1.45. The minimum Gasteiger partial charge on any atom is -0.398 e. The molecule has 0 amide bonds. The van der Waals surface area contributed by atoms with Crippen LogP contribution < -0.4 is 5.73 Å². The summed E-state index contributed by atoms with van der Waals surface area (Å²) in [5.41, 5.74) is 7.32. The molecule has 2 rings (SSSR count). The molecule has 0 saturated carbocycles. The zero-order valence-corrected chi connectivity index (χ0v) is 12.8. The topological polar surface area (TPSA) is 86.7 Å². The Balaban J connectivity index is 2.23. The fraction of sp³-hybridized carbons (Fsp3) is 0.364. The van der Waals surface area contributed by atoms with Gasteiger partial charge < -0.3 is 5.73 Å². The van der Waals surface area contributed by atoms with E-state index >= 15 is 0 Å². The summed E-state index contributed by atoms with van der Waals surface area (Å²) in [5, 5.41) is 11.6. The minimum atomic E-state index is -0.833. The van der Waals surface area contributed by atoms with Crippen LogP contribution in [0.5, 0.6) is 0 Å². The Kier molecular flexibility index (Phi) is 4.65. The number of rotatable bonds is 5. The van der Waals surface area contributed by atoms with Gasteiger partial charge in [-0.2, -0.15) is 0 Å². The first-order valence-electron chi connectivity index (χ1n) is 5.78. The molecule has 0 bridgehead atoms. The first-order chi connectivity index (χ1) is 9.11. The van der Waals surface area contributed by atoms with Crippen LogP contribution in [0.1, 0.15) is 6.92 Å². The number of benzene rings is 1. The Morgan fingerprint density at radius 1 is 1.47 bits per heavy atom. The Labute approximate surface area is 122 Å². The smallest absolute Gasteiger partial charge is 0.182 e. The Morgan fingerprint density at radius 2 is 2.26 bits per heavy atom. The lowest BCUT2D eigenvalue weighted by Gasteiger charge is -2.05. The van der Waals surface area contributed by atoms with Crippen LogP contribution in [-0.4, -0.2) is 35.9 Å². The Morgan fingerprint density at radius 3 is 2.95 bits per heavy atom. The van der Waals surface area contributed by atoms with Crippen molar-refractivity contribution in [2.75, 3.05) is 17.2 Å². The van der Waals surface area contributed by atoms with Gasteiger partial charge in [0.15, 0.2) is 5.82 Å². The number of anilines is 1. The van der Waals surface area contributed by atoms with Crippen LogP contribution in [0.2, 0.25) is 0 Å². The molecule has 1 aromatic heterocycles. The monoisotopic (exact) mass is 343 g/mol. The first kappa shape index (κ1) is 14.1. The highest BCUT2D eigenvalue weighted by Crippen LogP contribution is 2.25. The van der Waals surface area contributed by atoms with E-state index in [0.29, 0.717) is 29.6 Å². The van der Waals surface area contributed by atoms with Crippen molar-refractivity contribution in [3.8, 4) is 11.4 Å². The molecule has 2 N–H and O–H groups in total. The Hall–Kier alpha value is -1.28. The lowest BCUT2D eigenvalue weighted by Crippen LogP contribution is -2.11. The van der Waals surface area contributed by atoms with Crippen LogP contribution >= 0.6 is 15.9 Å². The zero-order valence-electron chi connectivity index (χ0n) is 10.4. The molecule has 1 aromatic carbocycles. The van der Waals surface area contributed by atoms with Gasteiger partial charge in [0.1, 0.15) is 0 Å². The van der Waals surface area contributed by atoms with Crippen molar-refractivity contribution in [2.24, 2.45) is 0 Å². The largest absolute Gasteiger partial charge is 0.398 e. The predicted molar refractivity (Wildman–Crippen MR) is 78.9 cm³/mol. The molecule has 19 heavy (non-hydrogen) atoms. The molecular formula is C11H14BrN5OS. The maximum absolute atomic E-state index is 11.5. The maximum atomic E-state index is 11.5. The number of hydrogen-bond donors (Lipinski definition) is 1. The van der Waals surface area contributed by atoms with Crippen LogP contribution in [0, 0.1) is 0 Å². The zero-order chi connectivity index (χ0) is 13.8. The van der Waals surface area contributed by atoms with Gasteiger partial charge in [-0.25, -0.2) is 4.68 Å². The van der Waals surface area contributed by atoms with Crippen LogP contribution in [0.15, 0.2) is 22.7 Å². The average molecular weight is 344 g/mol. The van der Waals surface area contributed by atoms with Crippen molar-refractivity contribution in [1.82, 2.24) is 20.2 Å². The van der Waals surface area contributed by atoms with Gasteiger partial charge in [0.2, 0.25) is 0 Å². The molecule has 6 nitrogen and oxygen atoms in total. The van der Waals surface area contributed by atoms with Gasteiger partial charge in [-0.05, 0) is 44.6 Å². The third kappa shape index (κ3) is 3.38. The van der Waals surface area contributed by atoms with Crippen LogP contribution in [0.3, 0.4) is 0 Å². The molecule has 0 aliphatic heterocycles. The lowest BCUT2D eigenvalue weighted by molar-refractivity contribution is 0.624. The summed E-state index contributed by atoms with van der Waals surface area (Å²) in [6.45, 7) is 2.42. The minimum absolute atomic E-state index is 0.527. The number of nitrogens with two attached hydrogens (primary N) is 1. The molecule has 0 fully saturated rings. The molecule has 8 heteroatoms. The third-order valence-corrected chi connectivity index (χ3v) is 4.64. The van der Waals surface area contributed by atoms with Crippen molar-refractivity contribution in [3.63, 3.8) is 0 Å². The second kappa shape index (κ2) is 6.25. The fourth-order valence-corrected chi connectivity index (χ4v) is 2.49. The summed E-state index contributed by atoms with van der Waals surface area (Å²) in [4.78, 5) is 0. The van der Waals surface area contributed by atoms with Gasteiger partial charge in [0, 0.05) is 38.0 Å². The molecule has 0 radical (unpaired) electrons. The van der Waals surface area contributed by atoms with E-state index in [4.69, 9.17) is 5.73 Å². The summed E-state index contributed by atoms with van der Waals surface area (Å²) < 4.78 is 13.9. The third-order valence-electron chi connectivity index (χ3n) is 2.64. The molecule has 1 heterocycles. The average Bonchev–Trinajstić information content (AvgIpc) is 2.87. The van der Waals surface area contributed by atoms with Gasteiger partial charge in [-0.1, -0.05) is 6.92 Å². The molecule has 1 atom stereocenters. The molecule has 1 unspecified atom stereocenters. The molecule has 0 saturated heterocycles. The lowest BCUT2D eigenvalue weighted by atomic mass is 10.2. The second-order valence-electron chi connectivity index (χ2n) is 3.89. The molecule has 102 valence electrons. The highest BCUT2D eigenvalue weighted by molar-refractivity contribution is 9.10. The van der Waals surface area contributed by atoms with E-state index in [1.54, 1.807) is 4.68 Å². The molecule has 2 aromatic rings. The van der Waals surface area contributed by atoms with Crippen LogP contribution in [0.25, 0.3) is 11.4 Å². The van der Waals surface area contributed by atoms with Crippen LogP contribution in [0.4, 0.5) is 5.69 Å². The number of nitrogen functional groups attached to an aromatic ring is 1. The highest BCUT2D eigenvalue weighted by Gasteiger charge is 2.10. The number of nitrogens with zero attached hydrogens (tertiary/aromatic N) is 4. The van der Waals surface area contributed by atoms with E-state index in [2.05, 4.69) is 31.5 Å². The standard InChI is InChI=1S/C11H14BrN5OS/c1-2-19(18)6-5-17-11(14-15-16-17)8-3-4-9(12)10(13)7-8/h3-4,7H,2,5-6,13H2,1H3. The number of tetrazole rings is 1. The number of hydrogen-bond acceptors (Lipinski definition) is 5. The molecule has 0 spiro atoms. The van der Waals surface area contributed by atoms with E-state index < -0.39 is 10.8 Å². The summed E-state index contributed by atoms with van der Waals surface area (Å²) in [7, 11) is -0.833. The van der Waals surface area contributed by atoms with Gasteiger partial charge in [-0.15, -0.1) is 5.10 Å². The summed E-state index contributed by atoms with van der Waals surface area (Å²) in [5.74, 6) is 1.82. The van der Waals surface area contributed by atoms with Crippen molar-refractivity contribution < 1.29 is 4.21 Å².